The van der Waals surface area contributed by atoms with Crippen molar-refractivity contribution < 1.29 is 19.1 Å². The number of aromatic nitrogens is 2. The fourth-order valence-corrected chi connectivity index (χ4v) is 4.55. The molecule has 0 saturated carbocycles. The zero-order valence-corrected chi connectivity index (χ0v) is 20.6. The van der Waals surface area contributed by atoms with Gasteiger partial charge >= 0.3 is 12.1 Å². The smallest absolute Gasteiger partial charge is 0.410 e. The fourth-order valence-electron chi connectivity index (χ4n) is 4.55. The van der Waals surface area contributed by atoms with E-state index in [4.69, 9.17) is 15.2 Å². The first kappa shape index (κ1) is 24.4. The van der Waals surface area contributed by atoms with E-state index < -0.39 is 18.2 Å². The predicted molar refractivity (Wildman–Crippen MR) is 139 cm³/mol. The van der Waals surface area contributed by atoms with Gasteiger partial charge in [-0.25, -0.2) is 9.78 Å². The quantitative estimate of drug-likeness (QED) is 0.456. The van der Waals surface area contributed by atoms with Crippen molar-refractivity contribution in [3.8, 4) is 17.3 Å². The van der Waals surface area contributed by atoms with Crippen molar-refractivity contribution in [2.75, 3.05) is 30.7 Å². The van der Waals surface area contributed by atoms with Crippen LogP contribution in [0.5, 0.6) is 6.01 Å². The van der Waals surface area contributed by atoms with Crippen LogP contribution >= 0.6 is 0 Å². The normalized spacial score (nSPS) is 21.4. The Balaban J connectivity index is 1.40. The summed E-state index contributed by atoms with van der Waals surface area (Å²) in [6, 6.07) is 16.3. The molecular formula is C27H30N6O4. The van der Waals surface area contributed by atoms with Gasteiger partial charge in [0.05, 0.1) is 23.6 Å². The molecule has 2 aliphatic heterocycles. The van der Waals surface area contributed by atoms with Crippen LogP contribution in [-0.4, -0.2) is 58.6 Å². The molecule has 4 bridgehead atoms. The summed E-state index contributed by atoms with van der Waals surface area (Å²) in [6.45, 7) is 3.33. The molecule has 10 heteroatoms. The minimum atomic E-state index is -0.727. The van der Waals surface area contributed by atoms with E-state index in [1.807, 2.05) is 55.5 Å². The molecule has 0 radical (unpaired) electrons. The molecule has 37 heavy (non-hydrogen) atoms. The molecule has 0 aliphatic carbocycles. The van der Waals surface area contributed by atoms with Crippen molar-refractivity contribution in [3.05, 3.63) is 66.4 Å². The molecule has 0 spiro atoms. The average molecular weight is 503 g/mol. The number of ether oxygens (including phenoxy) is 2. The Morgan fingerprint density at radius 1 is 1.14 bits per heavy atom. The zero-order chi connectivity index (χ0) is 25.8. The Labute approximate surface area is 215 Å². The molecule has 3 atom stereocenters. The molecule has 5 rings (SSSR count). The lowest BCUT2D eigenvalue weighted by molar-refractivity contribution is -0.125. The van der Waals surface area contributed by atoms with E-state index >= 15 is 0 Å². The topological polar surface area (TPSA) is 132 Å². The Morgan fingerprint density at radius 2 is 1.95 bits per heavy atom. The van der Waals surface area contributed by atoms with E-state index in [1.165, 1.54) is 4.90 Å². The van der Waals surface area contributed by atoms with Crippen LogP contribution in [0.2, 0.25) is 0 Å². The van der Waals surface area contributed by atoms with Gasteiger partial charge in [-0.1, -0.05) is 49.4 Å². The van der Waals surface area contributed by atoms with E-state index in [-0.39, 0.29) is 31.0 Å². The highest BCUT2D eigenvalue weighted by Gasteiger charge is 2.42. The molecule has 1 aromatic heterocycles. The van der Waals surface area contributed by atoms with Gasteiger partial charge in [0.2, 0.25) is 5.91 Å². The summed E-state index contributed by atoms with van der Waals surface area (Å²) in [6.07, 6.45) is 0.883. The third kappa shape index (κ3) is 5.58. The predicted octanol–water partition coefficient (Wildman–Crippen LogP) is 3.06. The number of hydrogen-bond acceptors (Lipinski definition) is 8. The third-order valence-corrected chi connectivity index (χ3v) is 6.54. The van der Waals surface area contributed by atoms with E-state index in [1.54, 1.807) is 12.3 Å². The Kier molecular flexibility index (Phi) is 7.07. The summed E-state index contributed by atoms with van der Waals surface area (Å²) < 4.78 is 11.6. The van der Waals surface area contributed by atoms with Gasteiger partial charge in [-0.3, -0.25) is 9.69 Å². The number of fused-ring (bicyclic) bond motifs is 6. The van der Waals surface area contributed by atoms with Crippen molar-refractivity contribution in [2.45, 2.75) is 32.1 Å². The van der Waals surface area contributed by atoms with Gasteiger partial charge in [0.1, 0.15) is 18.8 Å². The number of para-hydroxylation sites is 1. The Hall–Kier alpha value is -4.34. The van der Waals surface area contributed by atoms with Crippen molar-refractivity contribution >= 4 is 23.4 Å². The number of anilines is 2. The second-order valence-electron chi connectivity index (χ2n) is 9.41. The van der Waals surface area contributed by atoms with E-state index in [0.29, 0.717) is 30.9 Å². The van der Waals surface area contributed by atoms with Crippen LogP contribution in [0.3, 0.4) is 0 Å². The second-order valence-corrected chi connectivity index (χ2v) is 9.41. The molecule has 192 valence electrons. The highest BCUT2D eigenvalue weighted by atomic mass is 16.6. The number of carbonyl (C=O) groups is 2. The van der Waals surface area contributed by atoms with Gasteiger partial charge < -0.3 is 25.8 Å². The first-order valence-corrected chi connectivity index (χ1v) is 12.4. The van der Waals surface area contributed by atoms with Crippen LogP contribution < -0.4 is 21.1 Å². The number of nitrogens with one attached hydrogen (secondary N) is 2. The number of likely N-dealkylation sites (tertiary alicyclic amines) is 1. The SMILES string of the molecule is CC1CNC(=O)[C@@H]2C[C@@H](CN2C(=O)OCc2ccccc2)Oc2nccc(n2)-c2cccc(N)c2NC1. The molecule has 2 amide bonds. The van der Waals surface area contributed by atoms with Crippen molar-refractivity contribution in [3.63, 3.8) is 0 Å². The average Bonchev–Trinajstić information content (AvgIpc) is 3.33. The van der Waals surface area contributed by atoms with E-state index in [0.717, 1.165) is 16.8 Å². The first-order valence-electron chi connectivity index (χ1n) is 12.4. The van der Waals surface area contributed by atoms with Gasteiger partial charge in [-0.2, -0.15) is 4.98 Å². The first-order chi connectivity index (χ1) is 18.0. The lowest BCUT2D eigenvalue weighted by atomic mass is 10.1. The minimum absolute atomic E-state index is 0.0921. The van der Waals surface area contributed by atoms with Crippen LogP contribution in [-0.2, 0) is 16.1 Å². The number of nitrogen functional groups attached to an aromatic ring is 1. The monoisotopic (exact) mass is 502 g/mol. The van der Waals surface area contributed by atoms with Gasteiger partial charge in [0, 0.05) is 31.3 Å². The molecule has 1 fully saturated rings. The van der Waals surface area contributed by atoms with Crippen LogP contribution in [0.25, 0.3) is 11.3 Å². The molecule has 3 aromatic rings. The maximum absolute atomic E-state index is 13.2. The van der Waals surface area contributed by atoms with Crippen LogP contribution in [0, 0.1) is 5.92 Å². The number of benzene rings is 2. The highest BCUT2D eigenvalue weighted by molar-refractivity contribution is 5.87. The molecule has 10 nitrogen and oxygen atoms in total. The number of hydrogen-bond donors (Lipinski definition) is 3. The number of carbonyl (C=O) groups excluding carboxylic acids is 2. The second kappa shape index (κ2) is 10.7. The summed E-state index contributed by atoms with van der Waals surface area (Å²) in [5.41, 5.74) is 10.00. The number of amides is 2. The van der Waals surface area contributed by atoms with Crippen molar-refractivity contribution in [2.24, 2.45) is 5.92 Å². The minimum Gasteiger partial charge on any atom is -0.458 e. The van der Waals surface area contributed by atoms with Gasteiger partial charge in [-0.15, -0.1) is 0 Å². The Morgan fingerprint density at radius 3 is 2.78 bits per heavy atom. The largest absolute Gasteiger partial charge is 0.458 e. The zero-order valence-electron chi connectivity index (χ0n) is 20.6. The number of nitrogens with two attached hydrogens (primary N) is 1. The lowest BCUT2D eigenvalue weighted by Gasteiger charge is -2.24. The molecule has 4 N–H and O–H groups in total. The molecule has 1 saturated heterocycles. The molecule has 2 aliphatic rings. The summed E-state index contributed by atoms with van der Waals surface area (Å²) in [4.78, 5) is 36.5. The summed E-state index contributed by atoms with van der Waals surface area (Å²) >= 11 is 0. The maximum Gasteiger partial charge on any atom is 0.410 e. The molecule has 1 unspecified atom stereocenters. The Bertz CT molecular complexity index is 1270. The third-order valence-electron chi connectivity index (χ3n) is 6.54. The lowest BCUT2D eigenvalue weighted by Crippen LogP contribution is -2.47. The summed E-state index contributed by atoms with van der Waals surface area (Å²) in [7, 11) is 0. The van der Waals surface area contributed by atoms with Gasteiger partial charge in [-0.05, 0) is 23.6 Å². The van der Waals surface area contributed by atoms with Gasteiger partial charge in [0.15, 0.2) is 0 Å². The molecule has 3 heterocycles. The van der Waals surface area contributed by atoms with Crippen LogP contribution in [0.4, 0.5) is 16.2 Å². The van der Waals surface area contributed by atoms with Crippen LogP contribution in [0.1, 0.15) is 18.9 Å². The summed E-state index contributed by atoms with van der Waals surface area (Å²) in [5, 5.41) is 6.39. The maximum atomic E-state index is 13.2. The van der Waals surface area contributed by atoms with E-state index in [9.17, 15) is 9.59 Å². The molecule has 2 aromatic carbocycles. The van der Waals surface area contributed by atoms with E-state index in [2.05, 4.69) is 20.6 Å². The van der Waals surface area contributed by atoms with Crippen molar-refractivity contribution in [1.29, 1.82) is 0 Å². The summed E-state index contributed by atoms with van der Waals surface area (Å²) in [5.74, 6) is -0.159. The van der Waals surface area contributed by atoms with Crippen molar-refractivity contribution in [1.82, 2.24) is 20.2 Å². The standard InChI is InChI=1S/C27H30N6O4/c1-17-13-30-24-20(8-5-9-21(24)28)22-10-11-29-26(32-22)37-19-12-23(25(34)31-14-17)33(15-19)27(35)36-16-18-6-3-2-4-7-18/h2-11,17,19,23,30H,12-16,28H2,1H3,(H,31,34)/t17?,19-,23-/m0/s1. The highest BCUT2D eigenvalue weighted by Crippen LogP contribution is 2.33. The number of nitrogens with zero attached hydrogens (tertiary/aromatic N) is 3. The molecular weight excluding hydrogens is 472 g/mol. The fraction of sp³-hybridized carbons (Fsp3) is 0.333. The van der Waals surface area contributed by atoms with Crippen LogP contribution in [0.15, 0.2) is 60.8 Å². The van der Waals surface area contributed by atoms with Gasteiger partial charge in [0.25, 0.3) is 0 Å². The number of rotatable bonds is 2.